The molecule has 51 heavy (non-hydrogen) atoms. The van der Waals surface area contributed by atoms with Gasteiger partial charge in [0, 0.05) is 0 Å². The van der Waals surface area contributed by atoms with E-state index in [1.807, 2.05) is 0 Å². The Morgan fingerprint density at radius 1 is 0.157 bits per heavy atom. The van der Waals surface area contributed by atoms with E-state index in [9.17, 15) is 0 Å². The molecule has 30 N–H and O–H groups in total. The molecule has 0 rings (SSSR count). The maximum Gasteiger partial charge on any atom is 2.00 e. The minimum Gasteiger partial charge on any atom is -1.00 e. The van der Waals surface area contributed by atoms with Crippen molar-refractivity contribution in [2.24, 2.45) is 0 Å². The number of phosphoric acid groups is 10. The Balaban J connectivity index is -0.0000000303. The van der Waals surface area contributed by atoms with Gasteiger partial charge in [-0.25, -0.2) is 45.7 Å². The summed E-state index contributed by atoms with van der Waals surface area (Å²) in [5.41, 5.74) is 0. The second-order valence-corrected chi connectivity index (χ2v) is 15.4. The fraction of sp³-hybridized carbons (Fsp3) is 0. The van der Waals surface area contributed by atoms with Crippen molar-refractivity contribution >= 4 is 116 Å². The van der Waals surface area contributed by atoms with Gasteiger partial charge in [0.1, 0.15) is 0 Å². The molecule has 0 atom stereocenters. The van der Waals surface area contributed by atoms with E-state index in [4.69, 9.17) is 192 Å². The van der Waals surface area contributed by atoms with Gasteiger partial charge in [-0.1, -0.05) is 0 Å². The zero-order chi connectivity index (χ0) is 45.0. The van der Waals surface area contributed by atoms with Crippen molar-refractivity contribution in [3.8, 4) is 0 Å². The molecule has 0 heterocycles. The first-order valence-corrected chi connectivity index (χ1v) is 23.5. The summed E-state index contributed by atoms with van der Waals surface area (Å²) in [5.74, 6) is 0. The molecule has 0 spiro atoms. The Kier molecular flexibility index (Phi) is 56.8. The van der Waals surface area contributed by atoms with Crippen molar-refractivity contribution in [1.82, 2.24) is 0 Å². The summed E-state index contributed by atoms with van der Waals surface area (Å²) in [5, 5.41) is 0. The third kappa shape index (κ3) is 23800. The summed E-state index contributed by atoms with van der Waals surface area (Å²) in [4.78, 5) is 216. The number of rotatable bonds is 0. The van der Waals surface area contributed by atoms with Crippen LogP contribution in [0.4, 0.5) is 0 Å². The average Bonchev–Trinajstić information content (AvgIpc) is 2.34. The normalized spacial score (nSPS) is 11.6. The molecule has 0 fully saturated rings. The summed E-state index contributed by atoms with van der Waals surface area (Å²) in [7, 11) is -46.4. The first kappa shape index (κ1) is 81.5. The molecule has 0 aliphatic carbocycles. The fourth-order valence-electron chi connectivity index (χ4n) is 0. The first-order chi connectivity index (χ1) is 20.0. The van der Waals surface area contributed by atoms with E-state index >= 15 is 0 Å². The van der Waals surface area contributed by atoms with Gasteiger partial charge >= 0.3 is 116 Å². The van der Waals surface area contributed by atoms with Crippen molar-refractivity contribution in [3.05, 3.63) is 0 Å². The predicted molar refractivity (Wildman–Crippen MR) is 151 cm³/mol. The standard InChI is InChI=1S/Ca.10H3O4P.2H/c;10*1-5(2,3)4;;/h;10*(H3,1,2,3,4);;/q+2;;;;;;;;;;;2*-1. The minimum atomic E-state index is -4.64. The second-order valence-electron chi connectivity index (χ2n) is 5.13. The van der Waals surface area contributed by atoms with Gasteiger partial charge in [0.25, 0.3) is 0 Å². The van der Waals surface area contributed by atoms with Crippen LogP contribution < -0.4 is 0 Å². The molecular formula is H32CaO40P10. The molecule has 0 aromatic rings. The van der Waals surface area contributed by atoms with Gasteiger partial charge in [0.05, 0.1) is 0 Å². The smallest absolute Gasteiger partial charge is 1.00 e. The second kappa shape index (κ2) is 35.5. The van der Waals surface area contributed by atoms with Crippen LogP contribution in [0.15, 0.2) is 0 Å². The Labute approximate surface area is 310 Å². The largest absolute Gasteiger partial charge is 2.00 e. The van der Waals surface area contributed by atoms with E-state index in [0.717, 1.165) is 0 Å². The van der Waals surface area contributed by atoms with Crippen LogP contribution in [0.5, 0.6) is 0 Å². The average molecular weight is 1020 g/mol. The van der Waals surface area contributed by atoms with E-state index in [-0.39, 0.29) is 40.6 Å². The summed E-state index contributed by atoms with van der Waals surface area (Å²) in [6.45, 7) is 0. The number of hydrogen-bond acceptors (Lipinski definition) is 10. The zero-order valence-corrected chi connectivity index (χ0v) is 33.8. The minimum absolute atomic E-state index is 0. The third-order valence-electron chi connectivity index (χ3n) is 0. The van der Waals surface area contributed by atoms with E-state index in [2.05, 4.69) is 0 Å². The van der Waals surface area contributed by atoms with Gasteiger partial charge in [0.15, 0.2) is 0 Å². The molecule has 0 saturated carbocycles. The maximum absolute atomic E-state index is 8.88. The Hall–Kier alpha value is 2.36. The predicted octanol–water partition coefficient (Wildman–Crippen LogP) is -9.44. The number of hydrogen-bond donors (Lipinski definition) is 30. The van der Waals surface area contributed by atoms with E-state index in [1.165, 1.54) is 0 Å². The van der Waals surface area contributed by atoms with Gasteiger partial charge in [0.2, 0.25) is 0 Å². The maximum atomic E-state index is 8.88. The van der Waals surface area contributed by atoms with Gasteiger partial charge in [-0.3, -0.25) is 0 Å². The first-order valence-electron chi connectivity index (χ1n) is 7.83. The molecule has 324 valence electrons. The van der Waals surface area contributed by atoms with Crippen LogP contribution in [0.2, 0.25) is 0 Å². The van der Waals surface area contributed by atoms with Crippen LogP contribution in [0.1, 0.15) is 2.85 Å². The van der Waals surface area contributed by atoms with E-state index in [1.54, 1.807) is 0 Å². The Bertz CT molecular complexity index is 849. The van der Waals surface area contributed by atoms with Gasteiger partial charge < -0.3 is 150 Å². The molecule has 51 heteroatoms. The van der Waals surface area contributed by atoms with Gasteiger partial charge in [-0.15, -0.1) is 0 Å². The molecule has 0 aliphatic heterocycles. The molecule has 0 unspecified atom stereocenters. The summed E-state index contributed by atoms with van der Waals surface area (Å²) >= 11 is 0. The molecule has 40 nitrogen and oxygen atoms in total. The van der Waals surface area contributed by atoms with Crippen molar-refractivity contribution in [3.63, 3.8) is 0 Å². The summed E-state index contributed by atoms with van der Waals surface area (Å²) in [6, 6.07) is 0. The topological polar surface area (TPSA) is 778 Å². The van der Waals surface area contributed by atoms with Crippen LogP contribution in [-0.2, 0) is 45.7 Å². The molecule has 0 saturated heterocycles. The van der Waals surface area contributed by atoms with Crippen LogP contribution in [0.3, 0.4) is 0 Å². The van der Waals surface area contributed by atoms with E-state index in [0.29, 0.717) is 0 Å². The van der Waals surface area contributed by atoms with Crippen molar-refractivity contribution < 1.29 is 195 Å². The third-order valence-corrected chi connectivity index (χ3v) is 0. The fourth-order valence-corrected chi connectivity index (χ4v) is 0. The summed E-state index contributed by atoms with van der Waals surface area (Å²) in [6.07, 6.45) is 0. The van der Waals surface area contributed by atoms with Crippen molar-refractivity contribution in [1.29, 1.82) is 0 Å². The van der Waals surface area contributed by atoms with Crippen LogP contribution in [0.25, 0.3) is 0 Å². The zero-order valence-electron chi connectivity index (χ0n) is 24.7. The van der Waals surface area contributed by atoms with Crippen molar-refractivity contribution in [2.75, 3.05) is 0 Å². The SMILES string of the molecule is O=P(O)(O)O.O=P(O)(O)O.O=P(O)(O)O.O=P(O)(O)O.O=P(O)(O)O.O=P(O)(O)O.O=P(O)(O)O.O=P(O)(O)O.O=P(O)(O)O.O=P(O)(O)O.[Ca+2].[H-].[H-]. The Morgan fingerprint density at radius 3 is 0.157 bits per heavy atom. The summed E-state index contributed by atoms with van der Waals surface area (Å²) < 4.78 is 88.8. The molecule has 0 bridgehead atoms. The van der Waals surface area contributed by atoms with Crippen LogP contribution >= 0.6 is 78.2 Å². The molecule has 0 radical (unpaired) electrons. The molecule has 0 aliphatic rings. The van der Waals surface area contributed by atoms with Crippen molar-refractivity contribution in [2.45, 2.75) is 0 Å². The monoisotopic (exact) mass is 1020 g/mol. The molecular weight excluding hydrogens is 990 g/mol. The Morgan fingerprint density at radius 2 is 0.157 bits per heavy atom. The molecule has 0 amide bonds. The molecule has 0 aromatic heterocycles. The van der Waals surface area contributed by atoms with E-state index < -0.39 is 78.2 Å². The quantitative estimate of drug-likeness (QED) is 0.0791. The van der Waals surface area contributed by atoms with Crippen LogP contribution in [0, 0.1) is 0 Å². The molecule has 0 aromatic carbocycles. The van der Waals surface area contributed by atoms with Gasteiger partial charge in [-0.2, -0.15) is 0 Å². The van der Waals surface area contributed by atoms with Gasteiger partial charge in [-0.05, 0) is 0 Å². The van der Waals surface area contributed by atoms with Crippen LogP contribution in [-0.4, -0.2) is 185 Å².